The summed E-state index contributed by atoms with van der Waals surface area (Å²) >= 11 is 0. The molecule has 2 aromatic carbocycles. The van der Waals surface area contributed by atoms with E-state index in [1.165, 1.54) is 19.1 Å². The van der Waals surface area contributed by atoms with E-state index < -0.39 is 32.5 Å². The molecule has 6 nitrogen and oxygen atoms in total. The van der Waals surface area contributed by atoms with Gasteiger partial charge in [-0.1, -0.05) is 0 Å². The Morgan fingerprint density at radius 2 is 1.54 bits per heavy atom. The molecule has 1 amide bonds. The van der Waals surface area contributed by atoms with Gasteiger partial charge in [-0.2, -0.15) is 8.42 Å². The van der Waals surface area contributed by atoms with Crippen LogP contribution in [0.3, 0.4) is 0 Å². The van der Waals surface area contributed by atoms with E-state index in [0.717, 1.165) is 5.69 Å². The molecule has 10 heteroatoms. The van der Waals surface area contributed by atoms with Crippen molar-refractivity contribution in [2.45, 2.75) is 11.8 Å². The summed E-state index contributed by atoms with van der Waals surface area (Å²) in [6.45, 7) is 3.92. The molecule has 1 aliphatic heterocycles. The number of nitrogens with zero attached hydrogens (tertiary/aromatic N) is 2. The molecule has 0 spiro atoms. The number of rotatable bonds is 4. The van der Waals surface area contributed by atoms with E-state index in [0.29, 0.717) is 38.3 Å². The van der Waals surface area contributed by atoms with Gasteiger partial charge in [0.25, 0.3) is 0 Å². The van der Waals surface area contributed by atoms with Crippen LogP contribution in [-0.2, 0) is 14.9 Å². The summed E-state index contributed by atoms with van der Waals surface area (Å²) < 4.78 is 69.2. The molecule has 3 rings (SSSR count). The summed E-state index contributed by atoms with van der Waals surface area (Å²) in [7, 11) is -4.68. The van der Waals surface area contributed by atoms with Crippen molar-refractivity contribution >= 4 is 21.7 Å². The Bertz CT molecular complexity index is 989. The van der Waals surface area contributed by atoms with E-state index in [4.69, 9.17) is 4.18 Å². The number of piperazine rings is 1. The highest BCUT2D eigenvalue weighted by Crippen LogP contribution is 2.26. The zero-order valence-corrected chi connectivity index (χ0v) is 15.7. The van der Waals surface area contributed by atoms with Gasteiger partial charge in [0.05, 0.1) is 0 Å². The van der Waals surface area contributed by atoms with Crippen molar-refractivity contribution in [2.75, 3.05) is 31.1 Å². The number of benzene rings is 2. The SMILES string of the molecule is CC(=O)N1CCN(c2ccc(OS(=O)(=O)c3ccc(F)c(F)c3F)cc2)CC1. The Labute approximate surface area is 160 Å². The summed E-state index contributed by atoms with van der Waals surface area (Å²) in [6, 6.07) is 7.11. The predicted octanol–water partition coefficient (Wildman–Crippen LogP) is 2.54. The minimum atomic E-state index is -4.68. The molecule has 0 aliphatic carbocycles. The van der Waals surface area contributed by atoms with E-state index in [1.54, 1.807) is 17.0 Å². The summed E-state index contributed by atoms with van der Waals surface area (Å²) in [5, 5.41) is 0. The Morgan fingerprint density at radius 1 is 0.929 bits per heavy atom. The third-order valence-electron chi connectivity index (χ3n) is 4.40. The second-order valence-corrected chi connectivity index (χ2v) is 7.71. The Morgan fingerprint density at radius 3 is 2.11 bits per heavy atom. The van der Waals surface area contributed by atoms with Crippen LogP contribution in [0.15, 0.2) is 41.3 Å². The number of hydrogen-bond acceptors (Lipinski definition) is 5. The summed E-state index contributed by atoms with van der Waals surface area (Å²) in [4.78, 5) is 14.0. The van der Waals surface area contributed by atoms with Crippen LogP contribution in [0.5, 0.6) is 5.75 Å². The highest BCUT2D eigenvalue weighted by atomic mass is 32.2. The normalized spacial score (nSPS) is 14.9. The van der Waals surface area contributed by atoms with Crippen molar-refractivity contribution < 1.29 is 30.6 Å². The molecule has 0 atom stereocenters. The zero-order chi connectivity index (χ0) is 20.5. The minimum Gasteiger partial charge on any atom is -0.379 e. The van der Waals surface area contributed by atoms with Gasteiger partial charge >= 0.3 is 10.1 Å². The van der Waals surface area contributed by atoms with E-state index in [2.05, 4.69) is 0 Å². The first-order valence-electron chi connectivity index (χ1n) is 8.37. The molecule has 1 aliphatic rings. The molecule has 150 valence electrons. The van der Waals surface area contributed by atoms with Crippen molar-refractivity contribution in [1.29, 1.82) is 0 Å². The lowest BCUT2D eigenvalue weighted by atomic mass is 10.2. The summed E-state index contributed by atoms with van der Waals surface area (Å²) in [5.41, 5.74) is 0.798. The molecule has 0 radical (unpaired) electrons. The van der Waals surface area contributed by atoms with Gasteiger partial charge in [-0.25, -0.2) is 13.2 Å². The number of hydrogen-bond donors (Lipinski definition) is 0. The number of amides is 1. The maximum Gasteiger partial charge on any atom is 0.342 e. The minimum absolute atomic E-state index is 0.0121. The first-order valence-corrected chi connectivity index (χ1v) is 9.78. The van der Waals surface area contributed by atoms with Crippen molar-refractivity contribution in [2.24, 2.45) is 0 Å². The van der Waals surface area contributed by atoms with Crippen molar-refractivity contribution in [1.82, 2.24) is 4.90 Å². The first kappa shape index (κ1) is 20.0. The summed E-state index contributed by atoms with van der Waals surface area (Å²) in [5.74, 6) is -5.30. The second kappa shape index (κ2) is 7.70. The topological polar surface area (TPSA) is 66.9 Å². The van der Waals surface area contributed by atoms with Crippen LogP contribution in [0.4, 0.5) is 18.9 Å². The maximum atomic E-state index is 13.7. The highest BCUT2D eigenvalue weighted by molar-refractivity contribution is 7.87. The molecule has 0 bridgehead atoms. The third-order valence-corrected chi connectivity index (χ3v) is 5.67. The van der Waals surface area contributed by atoms with E-state index >= 15 is 0 Å². The molecule has 2 aromatic rings. The van der Waals surface area contributed by atoms with Crippen LogP contribution in [0.1, 0.15) is 6.92 Å². The summed E-state index contributed by atoms with van der Waals surface area (Å²) in [6.07, 6.45) is 0. The lowest BCUT2D eigenvalue weighted by molar-refractivity contribution is -0.129. The number of halogens is 3. The lowest BCUT2D eigenvalue weighted by Gasteiger charge is -2.35. The van der Waals surface area contributed by atoms with E-state index in [1.807, 2.05) is 4.90 Å². The average Bonchev–Trinajstić information content (AvgIpc) is 2.66. The van der Waals surface area contributed by atoms with Crippen LogP contribution in [0, 0.1) is 17.5 Å². The van der Waals surface area contributed by atoms with Gasteiger partial charge in [-0.3, -0.25) is 4.79 Å². The van der Waals surface area contributed by atoms with Crippen molar-refractivity contribution in [3.8, 4) is 5.75 Å². The molecule has 0 saturated carbocycles. The lowest BCUT2D eigenvalue weighted by Crippen LogP contribution is -2.48. The van der Waals surface area contributed by atoms with Gasteiger partial charge in [-0.15, -0.1) is 0 Å². The smallest absolute Gasteiger partial charge is 0.342 e. The molecule has 1 fully saturated rings. The maximum absolute atomic E-state index is 13.7. The largest absolute Gasteiger partial charge is 0.379 e. The molecule has 0 N–H and O–H groups in total. The Balaban J connectivity index is 1.72. The number of carbonyl (C=O) groups is 1. The van der Waals surface area contributed by atoms with Crippen molar-refractivity contribution in [3.05, 3.63) is 53.8 Å². The fourth-order valence-electron chi connectivity index (χ4n) is 2.86. The molecule has 0 aromatic heterocycles. The quantitative estimate of drug-likeness (QED) is 0.568. The fourth-order valence-corrected chi connectivity index (χ4v) is 3.86. The van der Waals surface area contributed by atoms with Crippen LogP contribution in [0.2, 0.25) is 0 Å². The molecule has 0 unspecified atom stereocenters. The van der Waals surface area contributed by atoms with Gasteiger partial charge in [0.2, 0.25) is 5.91 Å². The predicted molar refractivity (Wildman–Crippen MR) is 95.0 cm³/mol. The molecular weight excluding hydrogens is 397 g/mol. The second-order valence-electron chi connectivity index (χ2n) is 6.20. The molecule has 1 heterocycles. The van der Waals surface area contributed by atoms with E-state index in [9.17, 15) is 26.4 Å². The molecule has 28 heavy (non-hydrogen) atoms. The van der Waals surface area contributed by atoms with Gasteiger partial charge in [0, 0.05) is 38.8 Å². The average molecular weight is 414 g/mol. The van der Waals surface area contributed by atoms with E-state index in [-0.39, 0.29) is 11.7 Å². The Hall–Kier alpha value is -2.75. The van der Waals surface area contributed by atoms with Crippen LogP contribution in [-0.4, -0.2) is 45.4 Å². The molecular formula is C18H17F3N2O4S. The standard InChI is InChI=1S/C18H17F3N2O4S/c1-12(24)22-8-10-23(11-9-22)13-2-4-14(5-3-13)27-28(25,26)16-7-6-15(19)17(20)18(16)21/h2-7H,8-11H2,1H3. The zero-order valence-electron chi connectivity index (χ0n) is 14.9. The van der Waals surface area contributed by atoms with Gasteiger partial charge in [-0.05, 0) is 36.4 Å². The number of carbonyl (C=O) groups excluding carboxylic acids is 1. The van der Waals surface area contributed by atoms with Gasteiger partial charge in [0.1, 0.15) is 10.6 Å². The number of anilines is 1. The van der Waals surface area contributed by atoms with Crippen LogP contribution < -0.4 is 9.08 Å². The van der Waals surface area contributed by atoms with Crippen LogP contribution in [0.25, 0.3) is 0 Å². The Kier molecular flexibility index (Phi) is 5.50. The highest BCUT2D eigenvalue weighted by Gasteiger charge is 2.26. The van der Waals surface area contributed by atoms with Gasteiger partial charge in [0.15, 0.2) is 17.5 Å². The third kappa shape index (κ3) is 4.06. The monoisotopic (exact) mass is 414 g/mol. The first-order chi connectivity index (χ1) is 13.2. The fraction of sp³-hybridized carbons (Fsp3) is 0.278. The van der Waals surface area contributed by atoms with Crippen LogP contribution >= 0.6 is 0 Å². The van der Waals surface area contributed by atoms with Crippen molar-refractivity contribution in [3.63, 3.8) is 0 Å². The van der Waals surface area contributed by atoms with Gasteiger partial charge < -0.3 is 14.0 Å². The molecule has 1 saturated heterocycles.